The summed E-state index contributed by atoms with van der Waals surface area (Å²) in [5, 5.41) is 2.90. The van der Waals surface area contributed by atoms with Gasteiger partial charge in [0.05, 0.1) is 12.1 Å². The molecule has 1 N–H and O–H groups in total. The molecule has 1 amide bonds. The fourth-order valence-corrected chi connectivity index (χ4v) is 2.35. The van der Waals surface area contributed by atoms with E-state index in [1.807, 2.05) is 55.5 Å². The summed E-state index contributed by atoms with van der Waals surface area (Å²) < 4.78 is 5.44. The van der Waals surface area contributed by atoms with Crippen LogP contribution in [0.4, 0.5) is 0 Å². The quantitative estimate of drug-likeness (QED) is 0.785. The number of benzene rings is 2. The molecule has 2 aromatic carbocycles. The number of nitrogens with zero attached hydrogens (tertiary/aromatic N) is 1. The van der Waals surface area contributed by atoms with Gasteiger partial charge >= 0.3 is 0 Å². The number of carbonyl (C=O) groups excluding carboxylic acids is 1. The van der Waals surface area contributed by atoms with E-state index in [-0.39, 0.29) is 12.3 Å². The van der Waals surface area contributed by atoms with Crippen LogP contribution in [0.3, 0.4) is 0 Å². The van der Waals surface area contributed by atoms with Crippen LogP contribution in [-0.2, 0) is 17.8 Å². The third-order valence-electron chi connectivity index (χ3n) is 3.49. The van der Waals surface area contributed by atoms with Crippen molar-refractivity contribution >= 4 is 5.91 Å². The summed E-state index contributed by atoms with van der Waals surface area (Å²) in [6, 6.07) is 17.7. The van der Waals surface area contributed by atoms with Crippen LogP contribution in [-0.4, -0.2) is 10.9 Å². The second-order valence-electron chi connectivity index (χ2n) is 5.45. The van der Waals surface area contributed by atoms with Crippen molar-refractivity contribution in [2.45, 2.75) is 19.9 Å². The molecule has 0 spiro atoms. The Kier molecular flexibility index (Phi) is 4.52. The Hall–Kier alpha value is -2.88. The van der Waals surface area contributed by atoms with Crippen molar-refractivity contribution in [3.8, 4) is 11.5 Å². The molecule has 0 saturated heterocycles. The first-order valence-corrected chi connectivity index (χ1v) is 7.53. The molecule has 1 aromatic heterocycles. The molecule has 23 heavy (non-hydrogen) atoms. The summed E-state index contributed by atoms with van der Waals surface area (Å²) in [4.78, 5) is 16.4. The lowest BCUT2D eigenvalue weighted by molar-refractivity contribution is -0.120. The molecule has 4 heteroatoms. The average molecular weight is 306 g/mol. The van der Waals surface area contributed by atoms with Gasteiger partial charge in [-0.25, -0.2) is 4.98 Å². The molecule has 3 rings (SSSR count). The Morgan fingerprint density at radius 2 is 1.96 bits per heavy atom. The van der Waals surface area contributed by atoms with Crippen molar-refractivity contribution in [2.24, 2.45) is 0 Å². The van der Waals surface area contributed by atoms with E-state index in [1.165, 1.54) is 11.8 Å². The second-order valence-corrected chi connectivity index (χ2v) is 5.45. The maximum Gasteiger partial charge on any atom is 0.226 e. The van der Waals surface area contributed by atoms with E-state index in [1.54, 1.807) is 0 Å². The first-order valence-electron chi connectivity index (χ1n) is 7.53. The van der Waals surface area contributed by atoms with Crippen molar-refractivity contribution in [3.63, 3.8) is 0 Å². The summed E-state index contributed by atoms with van der Waals surface area (Å²) >= 11 is 0. The first kappa shape index (κ1) is 15.0. The highest BCUT2D eigenvalue weighted by molar-refractivity contribution is 5.78. The Morgan fingerprint density at radius 1 is 1.13 bits per heavy atom. The highest BCUT2D eigenvalue weighted by atomic mass is 16.3. The minimum absolute atomic E-state index is 0.0700. The van der Waals surface area contributed by atoms with E-state index in [0.29, 0.717) is 18.1 Å². The van der Waals surface area contributed by atoms with Crippen LogP contribution in [0.1, 0.15) is 16.8 Å². The number of aryl methyl sites for hydroxylation is 1. The van der Waals surface area contributed by atoms with Crippen molar-refractivity contribution in [1.29, 1.82) is 0 Å². The van der Waals surface area contributed by atoms with Gasteiger partial charge in [0.1, 0.15) is 6.26 Å². The predicted octanol–water partition coefficient (Wildman–Crippen LogP) is 3.51. The fourth-order valence-electron chi connectivity index (χ4n) is 2.35. The average Bonchev–Trinajstić information content (AvgIpc) is 3.02. The Morgan fingerprint density at radius 3 is 2.74 bits per heavy atom. The molecule has 0 radical (unpaired) electrons. The lowest BCUT2D eigenvalue weighted by Crippen LogP contribution is -2.24. The lowest BCUT2D eigenvalue weighted by atomic mass is 10.1. The third kappa shape index (κ3) is 4.07. The van der Waals surface area contributed by atoms with Crippen LogP contribution in [0, 0.1) is 6.92 Å². The van der Waals surface area contributed by atoms with Crippen LogP contribution in [0.2, 0.25) is 0 Å². The van der Waals surface area contributed by atoms with Crippen LogP contribution in [0.15, 0.2) is 65.3 Å². The second kappa shape index (κ2) is 6.92. The molecule has 0 aliphatic carbocycles. The van der Waals surface area contributed by atoms with Gasteiger partial charge in [-0.15, -0.1) is 0 Å². The number of aromatic nitrogens is 1. The lowest BCUT2D eigenvalue weighted by Gasteiger charge is -2.04. The summed E-state index contributed by atoms with van der Waals surface area (Å²) in [6.07, 6.45) is 1.75. The Labute approximate surface area is 135 Å². The van der Waals surface area contributed by atoms with Gasteiger partial charge < -0.3 is 9.73 Å². The summed E-state index contributed by atoms with van der Waals surface area (Å²) in [7, 11) is 0. The maximum absolute atomic E-state index is 12.0. The van der Waals surface area contributed by atoms with E-state index in [4.69, 9.17) is 4.42 Å². The van der Waals surface area contributed by atoms with Gasteiger partial charge in [0.2, 0.25) is 11.8 Å². The summed E-state index contributed by atoms with van der Waals surface area (Å²) in [5.74, 6) is 0.464. The monoisotopic (exact) mass is 306 g/mol. The minimum Gasteiger partial charge on any atom is -0.444 e. The number of oxazole rings is 1. The molecular weight excluding hydrogens is 288 g/mol. The number of rotatable bonds is 5. The van der Waals surface area contributed by atoms with Gasteiger partial charge in [0.25, 0.3) is 0 Å². The maximum atomic E-state index is 12.0. The molecule has 0 bridgehead atoms. The highest BCUT2D eigenvalue weighted by Crippen LogP contribution is 2.18. The van der Waals surface area contributed by atoms with Crippen molar-refractivity contribution in [2.75, 3.05) is 0 Å². The molecule has 4 nitrogen and oxygen atoms in total. The highest BCUT2D eigenvalue weighted by Gasteiger charge is 2.10. The number of hydrogen-bond acceptors (Lipinski definition) is 3. The van der Waals surface area contributed by atoms with Crippen molar-refractivity contribution < 1.29 is 9.21 Å². The van der Waals surface area contributed by atoms with Crippen molar-refractivity contribution in [3.05, 3.63) is 77.7 Å². The smallest absolute Gasteiger partial charge is 0.226 e. The van der Waals surface area contributed by atoms with E-state index in [2.05, 4.69) is 16.4 Å². The SMILES string of the molecule is Cc1cccc(CNC(=O)Cc2coc(-c3ccccc3)n2)c1. The van der Waals surface area contributed by atoms with Gasteiger partial charge in [0.15, 0.2) is 0 Å². The zero-order valence-electron chi connectivity index (χ0n) is 13.0. The van der Waals surface area contributed by atoms with Gasteiger partial charge in [-0.2, -0.15) is 0 Å². The molecule has 0 aliphatic rings. The fraction of sp³-hybridized carbons (Fsp3) is 0.158. The van der Waals surface area contributed by atoms with Crippen LogP contribution >= 0.6 is 0 Å². The molecule has 0 saturated carbocycles. The Balaban J connectivity index is 1.57. The van der Waals surface area contributed by atoms with Gasteiger partial charge in [-0.05, 0) is 24.6 Å². The molecule has 0 aliphatic heterocycles. The molecule has 0 unspecified atom stereocenters. The van der Waals surface area contributed by atoms with E-state index >= 15 is 0 Å². The van der Waals surface area contributed by atoms with E-state index in [0.717, 1.165) is 11.1 Å². The normalized spacial score (nSPS) is 10.5. The first-order chi connectivity index (χ1) is 11.2. The van der Waals surface area contributed by atoms with Gasteiger partial charge in [-0.3, -0.25) is 4.79 Å². The largest absolute Gasteiger partial charge is 0.444 e. The topological polar surface area (TPSA) is 55.1 Å². The molecule has 1 heterocycles. The molecule has 0 atom stereocenters. The Bertz CT molecular complexity index is 794. The number of carbonyl (C=O) groups is 1. The standard InChI is InChI=1S/C19H18N2O2/c1-14-6-5-7-15(10-14)12-20-18(22)11-17-13-23-19(21-17)16-8-3-2-4-9-16/h2-10,13H,11-12H2,1H3,(H,20,22). The van der Waals surface area contributed by atoms with Gasteiger partial charge in [0, 0.05) is 12.1 Å². The van der Waals surface area contributed by atoms with Crippen LogP contribution in [0.5, 0.6) is 0 Å². The number of amides is 1. The molecule has 3 aromatic rings. The third-order valence-corrected chi connectivity index (χ3v) is 3.49. The number of nitrogens with one attached hydrogen (secondary N) is 1. The van der Waals surface area contributed by atoms with Crippen molar-refractivity contribution in [1.82, 2.24) is 10.3 Å². The van der Waals surface area contributed by atoms with E-state index < -0.39 is 0 Å². The zero-order chi connectivity index (χ0) is 16.1. The zero-order valence-corrected chi connectivity index (χ0v) is 13.0. The van der Waals surface area contributed by atoms with Crippen LogP contribution < -0.4 is 5.32 Å². The van der Waals surface area contributed by atoms with E-state index in [9.17, 15) is 4.79 Å². The minimum atomic E-state index is -0.0700. The van der Waals surface area contributed by atoms with Gasteiger partial charge in [-0.1, -0.05) is 48.0 Å². The molecule has 116 valence electrons. The molecular formula is C19H18N2O2. The summed E-state index contributed by atoms with van der Waals surface area (Å²) in [5.41, 5.74) is 3.80. The predicted molar refractivity (Wildman–Crippen MR) is 88.7 cm³/mol. The molecule has 0 fully saturated rings. The summed E-state index contributed by atoms with van der Waals surface area (Å²) in [6.45, 7) is 2.55. The number of hydrogen-bond donors (Lipinski definition) is 1. The van der Waals surface area contributed by atoms with Crippen LogP contribution in [0.25, 0.3) is 11.5 Å².